The Morgan fingerprint density at radius 1 is 1.12 bits per heavy atom. The third-order valence-electron chi connectivity index (χ3n) is 9.78. The van der Waals surface area contributed by atoms with Gasteiger partial charge in [0.25, 0.3) is 0 Å². The van der Waals surface area contributed by atoms with E-state index in [-0.39, 0.29) is 28.6 Å². The van der Waals surface area contributed by atoms with E-state index in [0.29, 0.717) is 23.8 Å². The summed E-state index contributed by atoms with van der Waals surface area (Å²) in [7, 11) is 3.61. The van der Waals surface area contributed by atoms with Crippen molar-refractivity contribution in [1.29, 1.82) is 0 Å². The van der Waals surface area contributed by atoms with Gasteiger partial charge in [-0.2, -0.15) is 0 Å². The maximum atomic E-state index is 13.4. The number of methoxy groups -OCH3 is 1. The number of hydrogen-bond acceptors (Lipinski definition) is 3. The van der Waals surface area contributed by atoms with Crippen LogP contribution in [0.1, 0.15) is 52.4 Å². The molecule has 0 saturated heterocycles. The molecule has 3 fully saturated rings. The fraction of sp³-hybridized carbons (Fsp3) is 0.630. The quantitative estimate of drug-likeness (QED) is 0.734. The zero-order chi connectivity index (χ0) is 22.7. The van der Waals surface area contributed by atoms with E-state index < -0.39 is 0 Å². The predicted molar refractivity (Wildman–Crippen MR) is 125 cm³/mol. The van der Waals surface area contributed by atoms with E-state index in [9.17, 15) is 9.59 Å². The molecule has 3 saturated carbocycles. The van der Waals surface area contributed by atoms with Gasteiger partial charge in [0.05, 0.1) is 7.11 Å². The summed E-state index contributed by atoms with van der Waals surface area (Å²) in [6.45, 7) is 4.75. The number of ether oxygens (including phenoxy) is 1. The highest BCUT2D eigenvalue weighted by Gasteiger charge is 2.61. The van der Waals surface area contributed by atoms with Gasteiger partial charge in [0.2, 0.25) is 11.8 Å². The predicted octanol–water partition coefficient (Wildman–Crippen LogP) is 4.89. The Morgan fingerprint density at radius 3 is 2.72 bits per heavy atom. The van der Waals surface area contributed by atoms with Crippen LogP contribution in [0.15, 0.2) is 36.4 Å². The van der Waals surface area contributed by atoms with Gasteiger partial charge in [0.1, 0.15) is 5.75 Å². The average molecular weight is 437 g/mol. The Bertz CT molecular complexity index is 958. The van der Waals surface area contributed by atoms with E-state index in [2.05, 4.69) is 25.2 Å². The standard InChI is InChI=1S/C27H36N2O3/c1-26-14-12-21-19(8-11-23-27(21,2)15-13-24(30)29(23)3)20(26)9-10-22(26)25(31)28-17-6-5-7-18(16-17)32-4/h5-7,13,15-16,19-23H,8-12,14H2,1-4H3,(H,28,31)/t19-,20-,21-,22+,23+,26-,27+/m0/s1. The first-order valence-electron chi connectivity index (χ1n) is 12.2. The van der Waals surface area contributed by atoms with Gasteiger partial charge in [-0.15, -0.1) is 0 Å². The molecule has 172 valence electrons. The summed E-state index contributed by atoms with van der Waals surface area (Å²) in [5.41, 5.74) is 0.907. The molecule has 0 bridgehead atoms. The van der Waals surface area contributed by atoms with Crippen LogP contribution in [-0.2, 0) is 9.59 Å². The lowest BCUT2D eigenvalue weighted by Crippen LogP contribution is -2.59. The summed E-state index contributed by atoms with van der Waals surface area (Å²) in [5.74, 6) is 2.91. The van der Waals surface area contributed by atoms with Crippen LogP contribution >= 0.6 is 0 Å². The topological polar surface area (TPSA) is 58.6 Å². The van der Waals surface area contributed by atoms with Gasteiger partial charge in [-0.1, -0.05) is 26.0 Å². The lowest BCUT2D eigenvalue weighted by Gasteiger charge is -2.60. The van der Waals surface area contributed by atoms with Crippen LogP contribution in [0.4, 0.5) is 5.69 Å². The molecule has 1 aromatic carbocycles. The van der Waals surface area contributed by atoms with Crippen molar-refractivity contribution in [3.63, 3.8) is 0 Å². The molecule has 32 heavy (non-hydrogen) atoms. The summed E-state index contributed by atoms with van der Waals surface area (Å²) < 4.78 is 5.31. The second-order valence-electron chi connectivity index (χ2n) is 11.0. The van der Waals surface area contributed by atoms with Crippen molar-refractivity contribution in [1.82, 2.24) is 4.90 Å². The molecular formula is C27H36N2O3. The van der Waals surface area contributed by atoms with Crippen molar-refractivity contribution < 1.29 is 14.3 Å². The van der Waals surface area contributed by atoms with Gasteiger partial charge >= 0.3 is 0 Å². The second-order valence-corrected chi connectivity index (χ2v) is 11.0. The highest BCUT2D eigenvalue weighted by molar-refractivity contribution is 5.93. The number of rotatable bonds is 3. The molecular weight excluding hydrogens is 400 g/mol. The number of likely N-dealkylation sites (N-methyl/N-ethyl adjacent to an activating group) is 1. The number of nitrogens with zero attached hydrogens (tertiary/aromatic N) is 1. The largest absolute Gasteiger partial charge is 0.497 e. The lowest BCUT2D eigenvalue weighted by molar-refractivity contribution is -0.141. The molecule has 0 unspecified atom stereocenters. The van der Waals surface area contributed by atoms with Gasteiger partial charge < -0.3 is 15.0 Å². The maximum Gasteiger partial charge on any atom is 0.246 e. The van der Waals surface area contributed by atoms with Crippen LogP contribution < -0.4 is 10.1 Å². The number of amides is 2. The van der Waals surface area contributed by atoms with E-state index in [1.807, 2.05) is 36.2 Å². The molecule has 1 heterocycles. The molecule has 4 aliphatic rings. The molecule has 7 atom stereocenters. The van der Waals surface area contributed by atoms with Crippen molar-refractivity contribution in [2.45, 2.75) is 58.4 Å². The molecule has 3 aliphatic carbocycles. The van der Waals surface area contributed by atoms with E-state index in [1.165, 1.54) is 6.42 Å². The number of anilines is 1. The fourth-order valence-corrected chi connectivity index (χ4v) is 8.10. The molecule has 1 N–H and O–H groups in total. The minimum Gasteiger partial charge on any atom is -0.497 e. The van der Waals surface area contributed by atoms with Crippen LogP contribution in [0.5, 0.6) is 5.75 Å². The number of benzene rings is 1. The normalized spacial score (nSPS) is 40.3. The van der Waals surface area contributed by atoms with Gasteiger partial charge in [0, 0.05) is 36.2 Å². The van der Waals surface area contributed by atoms with Gasteiger partial charge in [-0.3, -0.25) is 9.59 Å². The minimum absolute atomic E-state index is 0.0490. The first-order valence-corrected chi connectivity index (χ1v) is 12.2. The Morgan fingerprint density at radius 2 is 1.94 bits per heavy atom. The Kier molecular flexibility index (Phi) is 5.14. The first kappa shape index (κ1) is 21.5. The van der Waals surface area contributed by atoms with Crippen molar-refractivity contribution in [3.05, 3.63) is 36.4 Å². The van der Waals surface area contributed by atoms with Crippen molar-refractivity contribution in [2.24, 2.45) is 34.5 Å². The Hall–Kier alpha value is -2.30. The molecule has 5 rings (SSSR count). The summed E-state index contributed by atoms with van der Waals surface area (Å²) in [6.07, 6.45) is 10.6. The van der Waals surface area contributed by atoms with E-state index in [0.717, 1.165) is 43.5 Å². The number of carbonyl (C=O) groups is 2. The number of fused-ring (bicyclic) bond motifs is 5. The second kappa shape index (κ2) is 7.64. The average Bonchev–Trinajstić information content (AvgIpc) is 3.14. The maximum absolute atomic E-state index is 13.4. The van der Waals surface area contributed by atoms with E-state index in [4.69, 9.17) is 4.74 Å². The van der Waals surface area contributed by atoms with Crippen LogP contribution in [-0.4, -0.2) is 36.9 Å². The van der Waals surface area contributed by atoms with Crippen molar-refractivity contribution in [2.75, 3.05) is 19.5 Å². The zero-order valence-corrected chi connectivity index (χ0v) is 19.8. The summed E-state index contributed by atoms with van der Waals surface area (Å²) in [5, 5.41) is 3.18. The molecule has 1 aliphatic heterocycles. The number of carbonyl (C=O) groups excluding carboxylic acids is 2. The Labute approximate surface area is 191 Å². The molecule has 0 spiro atoms. The number of hydrogen-bond donors (Lipinski definition) is 1. The van der Waals surface area contributed by atoms with Crippen LogP contribution in [0.25, 0.3) is 0 Å². The first-order chi connectivity index (χ1) is 15.3. The Balaban J connectivity index is 1.36. The number of nitrogens with one attached hydrogen (secondary N) is 1. The van der Waals surface area contributed by atoms with Crippen molar-refractivity contribution >= 4 is 17.5 Å². The molecule has 1 aromatic rings. The molecule has 0 radical (unpaired) electrons. The fourth-order valence-electron chi connectivity index (χ4n) is 8.10. The van der Waals surface area contributed by atoms with E-state index in [1.54, 1.807) is 13.2 Å². The molecule has 5 nitrogen and oxygen atoms in total. The highest BCUT2D eigenvalue weighted by Crippen LogP contribution is 2.65. The monoisotopic (exact) mass is 436 g/mol. The van der Waals surface area contributed by atoms with Crippen LogP contribution in [0.3, 0.4) is 0 Å². The highest BCUT2D eigenvalue weighted by atomic mass is 16.5. The minimum atomic E-state index is 0.0490. The summed E-state index contributed by atoms with van der Waals surface area (Å²) in [4.78, 5) is 27.7. The molecule has 2 amide bonds. The third kappa shape index (κ3) is 3.11. The smallest absolute Gasteiger partial charge is 0.246 e. The molecule has 0 aromatic heterocycles. The van der Waals surface area contributed by atoms with Crippen LogP contribution in [0.2, 0.25) is 0 Å². The van der Waals surface area contributed by atoms with Crippen LogP contribution in [0, 0.1) is 34.5 Å². The zero-order valence-electron chi connectivity index (χ0n) is 19.8. The SMILES string of the molecule is COc1cccc(NC(=O)[C@H]2CC[C@H]3[C@@H]4CC[C@H]5N(C)C(=O)C=C[C@]5(C)[C@H]4CC[C@]23C)c1. The van der Waals surface area contributed by atoms with Crippen molar-refractivity contribution in [3.8, 4) is 5.75 Å². The van der Waals surface area contributed by atoms with Gasteiger partial charge in [0.15, 0.2) is 0 Å². The molecule has 5 heteroatoms. The third-order valence-corrected chi connectivity index (χ3v) is 9.78. The lowest BCUT2D eigenvalue weighted by atomic mass is 9.47. The van der Waals surface area contributed by atoms with Gasteiger partial charge in [-0.05, 0) is 79.9 Å². The van der Waals surface area contributed by atoms with E-state index >= 15 is 0 Å². The summed E-state index contributed by atoms with van der Waals surface area (Å²) >= 11 is 0. The summed E-state index contributed by atoms with van der Waals surface area (Å²) in [6, 6.07) is 7.93. The van der Waals surface area contributed by atoms with Gasteiger partial charge in [-0.25, -0.2) is 0 Å².